The van der Waals surface area contributed by atoms with E-state index in [9.17, 15) is 0 Å². The van der Waals surface area contributed by atoms with Crippen LogP contribution < -0.4 is 14.5 Å². The normalized spacial score (nSPS) is 10.8. The van der Waals surface area contributed by atoms with E-state index < -0.39 is 0 Å². The number of nitrogens with zero attached hydrogens (tertiary/aromatic N) is 2. The number of methoxy groups -OCH3 is 1. The second-order valence-corrected chi connectivity index (χ2v) is 7.31. The number of rotatable bonds is 9. The number of para-hydroxylation sites is 1. The third-order valence-electron chi connectivity index (χ3n) is 5.00. The van der Waals surface area contributed by atoms with Crippen LogP contribution in [0.5, 0.6) is 11.5 Å². The van der Waals surface area contributed by atoms with Crippen LogP contribution >= 0.6 is 0 Å². The highest BCUT2D eigenvalue weighted by molar-refractivity contribution is 5.81. The molecule has 0 N–H and O–H groups in total. The topological polar surface area (TPSA) is 34.1 Å². The van der Waals surface area contributed by atoms with Gasteiger partial charge >= 0.3 is 0 Å². The Morgan fingerprint density at radius 3 is 2.00 bits per heavy atom. The van der Waals surface area contributed by atoms with Crippen LogP contribution in [-0.2, 0) is 13.2 Å². The van der Waals surface area contributed by atoms with Crippen LogP contribution in [0.15, 0.2) is 114 Å². The minimum atomic E-state index is 0.490. The van der Waals surface area contributed by atoms with Gasteiger partial charge in [-0.3, -0.25) is 5.01 Å². The summed E-state index contributed by atoms with van der Waals surface area (Å²) < 4.78 is 11.5. The largest absolute Gasteiger partial charge is 0.493 e. The lowest BCUT2D eigenvalue weighted by molar-refractivity contribution is 0.284. The van der Waals surface area contributed by atoms with Gasteiger partial charge in [0, 0.05) is 0 Å². The number of hydrogen-bond donors (Lipinski definition) is 0. The van der Waals surface area contributed by atoms with Crippen LogP contribution in [0, 0.1) is 0 Å². The number of hydrogen-bond acceptors (Lipinski definition) is 4. The zero-order chi connectivity index (χ0) is 22.0. The van der Waals surface area contributed by atoms with Gasteiger partial charge in [-0.25, -0.2) is 0 Å². The molecular weight excluding hydrogens is 396 g/mol. The third kappa shape index (κ3) is 5.76. The Hall–Kier alpha value is -4.05. The van der Waals surface area contributed by atoms with Gasteiger partial charge in [-0.05, 0) is 47.0 Å². The van der Waals surface area contributed by atoms with Crippen molar-refractivity contribution in [1.29, 1.82) is 0 Å². The molecule has 0 radical (unpaired) electrons. The third-order valence-corrected chi connectivity index (χ3v) is 5.00. The Bertz CT molecular complexity index is 1130. The smallest absolute Gasteiger partial charge is 0.161 e. The molecule has 0 aliphatic rings. The van der Waals surface area contributed by atoms with Crippen molar-refractivity contribution in [2.75, 3.05) is 12.1 Å². The monoisotopic (exact) mass is 422 g/mol. The molecule has 0 aliphatic heterocycles. The fourth-order valence-electron chi connectivity index (χ4n) is 3.31. The maximum Gasteiger partial charge on any atom is 0.161 e. The summed E-state index contributed by atoms with van der Waals surface area (Å²) in [5, 5.41) is 6.76. The highest BCUT2D eigenvalue weighted by Crippen LogP contribution is 2.28. The summed E-state index contributed by atoms with van der Waals surface area (Å²) in [4.78, 5) is 0. The molecule has 160 valence electrons. The molecular formula is C28H26N2O2. The molecule has 0 atom stereocenters. The van der Waals surface area contributed by atoms with E-state index in [2.05, 4.69) is 24.3 Å². The van der Waals surface area contributed by atoms with E-state index >= 15 is 0 Å². The summed E-state index contributed by atoms with van der Waals surface area (Å²) in [5.41, 5.74) is 4.26. The van der Waals surface area contributed by atoms with Gasteiger partial charge in [0.05, 0.1) is 25.6 Å². The Labute approximate surface area is 189 Å². The number of benzene rings is 4. The molecule has 0 bridgehead atoms. The van der Waals surface area contributed by atoms with Gasteiger partial charge in [0.15, 0.2) is 11.5 Å². The molecule has 0 aliphatic carbocycles. The van der Waals surface area contributed by atoms with Gasteiger partial charge in [-0.2, -0.15) is 5.10 Å². The zero-order valence-corrected chi connectivity index (χ0v) is 18.1. The van der Waals surface area contributed by atoms with Gasteiger partial charge in [0.1, 0.15) is 6.61 Å². The van der Waals surface area contributed by atoms with E-state index in [1.165, 1.54) is 5.56 Å². The van der Waals surface area contributed by atoms with Crippen LogP contribution in [-0.4, -0.2) is 13.3 Å². The van der Waals surface area contributed by atoms with Crippen molar-refractivity contribution in [2.45, 2.75) is 13.2 Å². The van der Waals surface area contributed by atoms with E-state index in [1.54, 1.807) is 7.11 Å². The molecule has 4 aromatic rings. The SMILES string of the molecule is COc1cc(/C=N/N(Cc2ccccc2)c2ccccc2)ccc1OCc1ccccc1. The molecule has 0 amide bonds. The predicted molar refractivity (Wildman–Crippen MR) is 130 cm³/mol. The first-order chi connectivity index (χ1) is 15.8. The Morgan fingerprint density at radius 1 is 0.719 bits per heavy atom. The molecule has 0 heterocycles. The average Bonchev–Trinajstić information content (AvgIpc) is 2.87. The van der Waals surface area contributed by atoms with Crippen LogP contribution in [0.1, 0.15) is 16.7 Å². The molecule has 0 fully saturated rings. The van der Waals surface area contributed by atoms with Gasteiger partial charge in [0.2, 0.25) is 0 Å². The van der Waals surface area contributed by atoms with Gasteiger partial charge < -0.3 is 9.47 Å². The number of anilines is 1. The van der Waals surface area contributed by atoms with Crippen LogP contribution in [0.4, 0.5) is 5.69 Å². The maximum atomic E-state index is 5.96. The fourth-order valence-corrected chi connectivity index (χ4v) is 3.31. The minimum Gasteiger partial charge on any atom is -0.493 e. The molecule has 0 aromatic heterocycles. The Balaban J connectivity index is 1.51. The highest BCUT2D eigenvalue weighted by atomic mass is 16.5. The van der Waals surface area contributed by atoms with Gasteiger partial charge in [-0.1, -0.05) is 78.9 Å². The van der Waals surface area contributed by atoms with Gasteiger partial charge in [0.25, 0.3) is 0 Å². The molecule has 0 unspecified atom stereocenters. The number of ether oxygens (including phenoxy) is 2. The summed E-state index contributed by atoms with van der Waals surface area (Å²) in [6, 6.07) is 36.4. The fraction of sp³-hybridized carbons (Fsp3) is 0.107. The maximum absolute atomic E-state index is 5.96. The average molecular weight is 423 g/mol. The molecule has 4 rings (SSSR count). The van der Waals surface area contributed by atoms with E-state index in [4.69, 9.17) is 14.6 Å². The second kappa shape index (κ2) is 10.8. The van der Waals surface area contributed by atoms with Crippen LogP contribution in [0.25, 0.3) is 0 Å². The lowest BCUT2D eigenvalue weighted by Crippen LogP contribution is -2.16. The Kier molecular flexibility index (Phi) is 7.17. The van der Waals surface area contributed by atoms with Crippen molar-refractivity contribution in [2.24, 2.45) is 5.10 Å². The van der Waals surface area contributed by atoms with E-state index in [-0.39, 0.29) is 0 Å². The quantitative estimate of drug-likeness (QED) is 0.234. The zero-order valence-electron chi connectivity index (χ0n) is 18.1. The van der Waals surface area contributed by atoms with E-state index in [1.807, 2.05) is 96.2 Å². The highest BCUT2D eigenvalue weighted by Gasteiger charge is 2.08. The molecule has 0 saturated heterocycles. The van der Waals surface area contributed by atoms with Gasteiger partial charge in [-0.15, -0.1) is 0 Å². The summed E-state index contributed by atoms with van der Waals surface area (Å²) in [7, 11) is 1.65. The summed E-state index contributed by atoms with van der Waals surface area (Å²) in [6.07, 6.45) is 1.85. The number of hydrazone groups is 1. The Morgan fingerprint density at radius 2 is 1.34 bits per heavy atom. The molecule has 4 heteroatoms. The molecule has 4 aromatic carbocycles. The lowest BCUT2D eigenvalue weighted by Gasteiger charge is -2.19. The van der Waals surface area contributed by atoms with Crippen molar-refractivity contribution >= 4 is 11.9 Å². The molecule has 4 nitrogen and oxygen atoms in total. The first-order valence-corrected chi connectivity index (χ1v) is 10.6. The lowest BCUT2D eigenvalue weighted by atomic mass is 10.2. The van der Waals surface area contributed by atoms with Crippen molar-refractivity contribution in [1.82, 2.24) is 0 Å². The van der Waals surface area contributed by atoms with Crippen molar-refractivity contribution in [3.05, 3.63) is 126 Å². The minimum absolute atomic E-state index is 0.490. The van der Waals surface area contributed by atoms with Crippen molar-refractivity contribution in [3.8, 4) is 11.5 Å². The summed E-state index contributed by atoms with van der Waals surface area (Å²) in [6.45, 7) is 1.17. The molecule has 32 heavy (non-hydrogen) atoms. The van der Waals surface area contributed by atoms with Crippen LogP contribution in [0.3, 0.4) is 0 Å². The first-order valence-electron chi connectivity index (χ1n) is 10.6. The van der Waals surface area contributed by atoms with E-state index in [0.29, 0.717) is 24.7 Å². The summed E-state index contributed by atoms with van der Waals surface area (Å²) >= 11 is 0. The van der Waals surface area contributed by atoms with E-state index in [0.717, 1.165) is 16.8 Å². The first kappa shape index (κ1) is 21.2. The second-order valence-electron chi connectivity index (χ2n) is 7.31. The standard InChI is InChI=1S/C28H26N2O2/c1-31-28-19-25(17-18-27(28)32-22-24-13-7-3-8-14-24)20-29-30(26-15-9-4-10-16-26)21-23-11-5-2-6-12-23/h2-20H,21-22H2,1H3/b29-20+. The molecule has 0 saturated carbocycles. The molecule has 0 spiro atoms. The van der Waals surface area contributed by atoms with Crippen molar-refractivity contribution in [3.63, 3.8) is 0 Å². The van der Waals surface area contributed by atoms with Crippen molar-refractivity contribution < 1.29 is 9.47 Å². The van der Waals surface area contributed by atoms with Crippen LogP contribution in [0.2, 0.25) is 0 Å². The predicted octanol–water partition coefficient (Wildman–Crippen LogP) is 6.31. The summed E-state index contributed by atoms with van der Waals surface area (Å²) in [5.74, 6) is 1.39.